The SMILES string of the molecule is Cc1nsc(NC(=O)N2CCC(=Cc3ccc(N4CCCC4)cc3)CC2)n1. The van der Waals surface area contributed by atoms with Crippen molar-refractivity contribution in [2.45, 2.75) is 32.6 Å². The van der Waals surface area contributed by atoms with E-state index in [0.717, 1.165) is 25.9 Å². The third-order valence-corrected chi connectivity index (χ3v) is 5.89. The van der Waals surface area contributed by atoms with E-state index in [1.165, 1.54) is 54.3 Å². The highest BCUT2D eigenvalue weighted by molar-refractivity contribution is 7.09. The number of likely N-dealkylation sites (tertiary alicyclic amines) is 1. The second kappa shape index (κ2) is 8.08. The normalized spacial score (nSPS) is 17.3. The van der Waals surface area contributed by atoms with E-state index in [2.05, 4.69) is 49.9 Å². The molecule has 0 atom stereocenters. The van der Waals surface area contributed by atoms with Crippen molar-refractivity contribution in [2.24, 2.45) is 0 Å². The summed E-state index contributed by atoms with van der Waals surface area (Å²) in [5.41, 5.74) is 3.97. The Bertz CT molecular complexity index is 813. The lowest BCUT2D eigenvalue weighted by Crippen LogP contribution is -2.39. The molecule has 0 aliphatic carbocycles. The number of hydrogen-bond donors (Lipinski definition) is 1. The number of hydrogen-bond acceptors (Lipinski definition) is 5. The van der Waals surface area contributed by atoms with E-state index in [1.54, 1.807) is 0 Å². The molecule has 0 unspecified atom stereocenters. The van der Waals surface area contributed by atoms with Gasteiger partial charge in [-0.2, -0.15) is 4.37 Å². The zero-order chi connectivity index (χ0) is 18.6. The van der Waals surface area contributed by atoms with Crippen LogP contribution in [0.2, 0.25) is 0 Å². The topological polar surface area (TPSA) is 61.4 Å². The first-order valence-corrected chi connectivity index (χ1v) is 10.4. The predicted octanol–water partition coefficient (Wildman–Crippen LogP) is 4.16. The van der Waals surface area contributed by atoms with Crippen molar-refractivity contribution in [3.8, 4) is 0 Å². The maximum Gasteiger partial charge on any atom is 0.323 e. The van der Waals surface area contributed by atoms with Crippen LogP contribution in [0.25, 0.3) is 6.08 Å². The van der Waals surface area contributed by atoms with Crippen LogP contribution < -0.4 is 10.2 Å². The summed E-state index contributed by atoms with van der Waals surface area (Å²) in [5.74, 6) is 0.690. The minimum atomic E-state index is -0.0832. The molecular weight excluding hydrogens is 358 g/mol. The molecule has 3 heterocycles. The number of anilines is 2. The van der Waals surface area contributed by atoms with E-state index in [-0.39, 0.29) is 6.03 Å². The van der Waals surface area contributed by atoms with Gasteiger partial charge >= 0.3 is 6.03 Å². The maximum atomic E-state index is 12.3. The standard InChI is InChI=1S/C20H25N5OS/c1-15-21-19(27-23-15)22-20(26)25-12-8-17(9-13-25)14-16-4-6-18(7-5-16)24-10-2-3-11-24/h4-7,14H,2-3,8-13H2,1H3,(H,21,22,23,26). The Hall–Kier alpha value is -2.41. The van der Waals surface area contributed by atoms with Crippen LogP contribution in [0, 0.1) is 6.92 Å². The highest BCUT2D eigenvalue weighted by atomic mass is 32.1. The van der Waals surface area contributed by atoms with Crippen molar-refractivity contribution in [3.05, 3.63) is 41.2 Å². The Morgan fingerprint density at radius 3 is 2.44 bits per heavy atom. The lowest BCUT2D eigenvalue weighted by molar-refractivity contribution is 0.208. The Kier molecular flexibility index (Phi) is 5.38. The lowest BCUT2D eigenvalue weighted by Gasteiger charge is -2.28. The van der Waals surface area contributed by atoms with Gasteiger partial charge in [-0.15, -0.1) is 0 Å². The number of urea groups is 1. The van der Waals surface area contributed by atoms with Crippen LogP contribution in [-0.2, 0) is 0 Å². The number of nitrogens with zero attached hydrogens (tertiary/aromatic N) is 4. The second-order valence-corrected chi connectivity index (χ2v) is 7.90. The molecule has 27 heavy (non-hydrogen) atoms. The number of benzene rings is 1. The Labute approximate surface area is 164 Å². The molecule has 1 N–H and O–H groups in total. The fourth-order valence-corrected chi connectivity index (χ4v) is 4.22. The lowest BCUT2D eigenvalue weighted by atomic mass is 10.0. The van der Waals surface area contributed by atoms with Crippen LogP contribution in [0.15, 0.2) is 29.8 Å². The maximum absolute atomic E-state index is 12.3. The number of aromatic nitrogens is 2. The summed E-state index contributed by atoms with van der Waals surface area (Å²) in [6.07, 6.45) is 6.70. The second-order valence-electron chi connectivity index (χ2n) is 7.15. The summed E-state index contributed by atoms with van der Waals surface area (Å²) in [5, 5.41) is 3.40. The highest BCUT2D eigenvalue weighted by Crippen LogP contribution is 2.24. The van der Waals surface area contributed by atoms with Gasteiger partial charge in [0, 0.05) is 43.4 Å². The van der Waals surface area contributed by atoms with Crippen molar-refractivity contribution in [1.29, 1.82) is 0 Å². The van der Waals surface area contributed by atoms with Gasteiger partial charge in [-0.25, -0.2) is 9.78 Å². The zero-order valence-corrected chi connectivity index (χ0v) is 16.5. The Balaban J connectivity index is 1.31. The minimum absolute atomic E-state index is 0.0832. The molecule has 2 aliphatic rings. The molecule has 0 bridgehead atoms. The molecule has 0 radical (unpaired) electrons. The molecule has 1 aromatic carbocycles. The number of rotatable bonds is 3. The number of nitrogens with one attached hydrogen (secondary N) is 1. The summed E-state index contributed by atoms with van der Waals surface area (Å²) in [6, 6.07) is 8.78. The van der Waals surface area contributed by atoms with E-state index in [1.807, 2.05) is 11.8 Å². The quantitative estimate of drug-likeness (QED) is 0.865. The van der Waals surface area contributed by atoms with E-state index in [0.29, 0.717) is 11.0 Å². The van der Waals surface area contributed by atoms with Crippen molar-refractivity contribution >= 4 is 34.5 Å². The number of carbonyl (C=O) groups excluding carboxylic acids is 1. The van der Waals surface area contributed by atoms with E-state index in [4.69, 9.17) is 0 Å². The molecule has 2 aliphatic heterocycles. The summed E-state index contributed by atoms with van der Waals surface area (Å²) >= 11 is 1.22. The molecule has 2 saturated heterocycles. The van der Waals surface area contributed by atoms with Gasteiger partial charge in [-0.3, -0.25) is 5.32 Å². The smallest absolute Gasteiger partial charge is 0.323 e. The molecule has 0 saturated carbocycles. The van der Waals surface area contributed by atoms with E-state index >= 15 is 0 Å². The molecule has 6 nitrogen and oxygen atoms in total. The summed E-state index contributed by atoms with van der Waals surface area (Å²) < 4.78 is 4.09. The number of aryl methyl sites for hydroxylation is 1. The molecule has 142 valence electrons. The highest BCUT2D eigenvalue weighted by Gasteiger charge is 2.20. The van der Waals surface area contributed by atoms with Crippen LogP contribution in [0.3, 0.4) is 0 Å². The minimum Gasteiger partial charge on any atom is -0.372 e. The van der Waals surface area contributed by atoms with E-state index < -0.39 is 0 Å². The average molecular weight is 384 g/mol. The first-order valence-electron chi connectivity index (χ1n) is 9.58. The summed E-state index contributed by atoms with van der Waals surface area (Å²) in [4.78, 5) is 20.8. The van der Waals surface area contributed by atoms with Crippen molar-refractivity contribution in [3.63, 3.8) is 0 Å². The summed E-state index contributed by atoms with van der Waals surface area (Å²) in [6.45, 7) is 5.65. The zero-order valence-electron chi connectivity index (χ0n) is 15.6. The van der Waals surface area contributed by atoms with Crippen LogP contribution in [0.5, 0.6) is 0 Å². The molecule has 2 fully saturated rings. The van der Waals surface area contributed by atoms with Gasteiger partial charge < -0.3 is 9.80 Å². The number of piperidine rings is 1. The Morgan fingerprint density at radius 2 is 1.81 bits per heavy atom. The Morgan fingerprint density at radius 1 is 1.11 bits per heavy atom. The predicted molar refractivity (Wildman–Crippen MR) is 110 cm³/mol. The molecule has 4 rings (SSSR count). The van der Waals surface area contributed by atoms with Gasteiger partial charge in [0.05, 0.1) is 0 Å². The molecule has 2 aromatic rings. The molecule has 7 heteroatoms. The van der Waals surface area contributed by atoms with Gasteiger partial charge in [0.2, 0.25) is 5.13 Å². The summed E-state index contributed by atoms with van der Waals surface area (Å²) in [7, 11) is 0. The molecule has 1 aromatic heterocycles. The van der Waals surface area contributed by atoms with Gasteiger partial charge in [0.1, 0.15) is 5.82 Å². The molecule has 2 amide bonds. The average Bonchev–Trinajstić information content (AvgIpc) is 3.35. The van der Waals surface area contributed by atoms with Gasteiger partial charge in [0.25, 0.3) is 0 Å². The van der Waals surface area contributed by atoms with Crippen molar-refractivity contribution in [2.75, 3.05) is 36.4 Å². The van der Waals surface area contributed by atoms with Crippen LogP contribution in [0.4, 0.5) is 15.6 Å². The van der Waals surface area contributed by atoms with E-state index in [9.17, 15) is 4.79 Å². The number of amides is 2. The molecule has 0 spiro atoms. The van der Waals surface area contributed by atoms with Crippen LogP contribution in [0.1, 0.15) is 37.1 Å². The van der Waals surface area contributed by atoms with Crippen molar-refractivity contribution < 1.29 is 4.79 Å². The monoisotopic (exact) mass is 383 g/mol. The fraction of sp³-hybridized carbons (Fsp3) is 0.450. The van der Waals surface area contributed by atoms with Crippen LogP contribution in [-0.4, -0.2) is 46.5 Å². The molecular formula is C20H25N5OS. The van der Waals surface area contributed by atoms with Gasteiger partial charge in [-0.1, -0.05) is 23.8 Å². The van der Waals surface area contributed by atoms with Gasteiger partial charge in [0.15, 0.2) is 0 Å². The largest absolute Gasteiger partial charge is 0.372 e. The van der Waals surface area contributed by atoms with Crippen LogP contribution >= 0.6 is 11.5 Å². The fourth-order valence-electron chi connectivity index (χ4n) is 3.65. The first-order chi connectivity index (χ1) is 13.2. The van der Waals surface area contributed by atoms with Crippen molar-refractivity contribution in [1.82, 2.24) is 14.3 Å². The first kappa shape index (κ1) is 18.0. The number of carbonyl (C=O) groups is 1. The third-order valence-electron chi connectivity index (χ3n) is 5.17. The third kappa shape index (κ3) is 4.47. The van der Waals surface area contributed by atoms with Gasteiger partial charge in [-0.05, 0) is 50.3 Å².